The molecule has 2 aromatic heterocycles. The first-order chi connectivity index (χ1) is 8.16. The number of rotatable bonds is 3. The minimum atomic E-state index is -0.222. The first kappa shape index (κ1) is 11.3. The van der Waals surface area contributed by atoms with Gasteiger partial charge in [-0.25, -0.2) is 9.97 Å². The predicted octanol–water partition coefficient (Wildman–Crippen LogP) is 1.01. The van der Waals surface area contributed by atoms with Gasteiger partial charge in [0.15, 0.2) is 0 Å². The van der Waals surface area contributed by atoms with E-state index in [9.17, 15) is 4.79 Å². The van der Waals surface area contributed by atoms with E-state index in [0.717, 1.165) is 11.4 Å². The molecular weight excluding hydrogens is 220 g/mol. The highest BCUT2D eigenvalue weighted by atomic mass is 16.5. The minimum absolute atomic E-state index is 0.222. The van der Waals surface area contributed by atoms with Crippen LogP contribution in [0.15, 0.2) is 23.1 Å². The molecule has 0 unspecified atom stereocenters. The number of aryl methyl sites for hydroxylation is 2. The van der Waals surface area contributed by atoms with Crippen molar-refractivity contribution in [3.05, 3.63) is 41.3 Å². The molecule has 0 atom stereocenters. The van der Waals surface area contributed by atoms with E-state index in [1.165, 1.54) is 12.5 Å². The lowest BCUT2D eigenvalue weighted by molar-refractivity contribution is 0.0949. The minimum Gasteiger partial charge on any atom is -0.361 e. The third kappa shape index (κ3) is 2.66. The zero-order valence-corrected chi connectivity index (χ0v) is 9.60. The van der Waals surface area contributed by atoms with Crippen molar-refractivity contribution in [2.24, 2.45) is 0 Å². The van der Waals surface area contributed by atoms with Gasteiger partial charge in [-0.1, -0.05) is 5.16 Å². The molecule has 1 N–H and O–H groups in total. The Hall–Kier alpha value is -2.24. The smallest absolute Gasteiger partial charge is 0.256 e. The molecule has 88 valence electrons. The van der Waals surface area contributed by atoms with Crippen molar-refractivity contribution in [2.75, 3.05) is 0 Å². The molecule has 2 heterocycles. The van der Waals surface area contributed by atoms with Crippen LogP contribution in [0.5, 0.6) is 0 Å². The predicted molar refractivity (Wildman–Crippen MR) is 59.2 cm³/mol. The van der Waals surface area contributed by atoms with Gasteiger partial charge in [-0.05, 0) is 19.9 Å². The summed E-state index contributed by atoms with van der Waals surface area (Å²) in [5.74, 6) is 0.279. The summed E-state index contributed by atoms with van der Waals surface area (Å²) in [5.41, 5.74) is 2.07. The van der Waals surface area contributed by atoms with Gasteiger partial charge in [0.05, 0.1) is 18.4 Å². The largest absolute Gasteiger partial charge is 0.361 e. The molecule has 0 spiro atoms. The maximum atomic E-state index is 11.7. The van der Waals surface area contributed by atoms with Crippen LogP contribution in [-0.2, 0) is 6.54 Å². The Morgan fingerprint density at radius 2 is 2.24 bits per heavy atom. The Labute approximate surface area is 98.1 Å². The maximum absolute atomic E-state index is 11.7. The molecule has 6 heteroatoms. The van der Waals surface area contributed by atoms with Crippen LogP contribution in [-0.4, -0.2) is 21.0 Å². The Kier molecular flexibility index (Phi) is 3.13. The van der Waals surface area contributed by atoms with Crippen molar-refractivity contribution in [1.29, 1.82) is 0 Å². The normalized spacial score (nSPS) is 10.2. The van der Waals surface area contributed by atoms with E-state index in [-0.39, 0.29) is 5.91 Å². The molecular formula is C11H12N4O2. The van der Waals surface area contributed by atoms with Gasteiger partial charge in [0.2, 0.25) is 0 Å². The number of nitrogens with zero attached hydrogens (tertiary/aromatic N) is 3. The SMILES string of the molecule is Cc1cc(CNC(=O)c2cnoc2C)ncn1. The van der Waals surface area contributed by atoms with E-state index in [1.54, 1.807) is 6.92 Å². The van der Waals surface area contributed by atoms with Gasteiger partial charge in [0, 0.05) is 5.69 Å². The van der Waals surface area contributed by atoms with Crippen molar-refractivity contribution in [3.8, 4) is 0 Å². The average Bonchev–Trinajstić information content (AvgIpc) is 2.72. The van der Waals surface area contributed by atoms with Gasteiger partial charge < -0.3 is 9.84 Å². The summed E-state index contributed by atoms with van der Waals surface area (Å²) in [5, 5.41) is 6.29. The number of aromatic nitrogens is 3. The highest BCUT2D eigenvalue weighted by molar-refractivity contribution is 5.94. The van der Waals surface area contributed by atoms with E-state index >= 15 is 0 Å². The Morgan fingerprint density at radius 3 is 2.88 bits per heavy atom. The zero-order valence-electron chi connectivity index (χ0n) is 9.60. The van der Waals surface area contributed by atoms with E-state index in [0.29, 0.717) is 17.9 Å². The van der Waals surface area contributed by atoms with Crippen LogP contribution in [0, 0.1) is 13.8 Å². The number of carbonyl (C=O) groups is 1. The van der Waals surface area contributed by atoms with Crippen LogP contribution >= 0.6 is 0 Å². The standard InChI is InChI=1S/C11H12N4O2/c1-7-3-9(14-6-13-7)4-12-11(16)10-5-15-17-8(10)2/h3,5-6H,4H2,1-2H3,(H,12,16). The van der Waals surface area contributed by atoms with Crippen molar-refractivity contribution in [1.82, 2.24) is 20.4 Å². The zero-order chi connectivity index (χ0) is 12.3. The molecule has 0 radical (unpaired) electrons. The highest BCUT2D eigenvalue weighted by Gasteiger charge is 2.12. The molecule has 0 aliphatic carbocycles. The molecule has 0 fully saturated rings. The molecule has 0 aliphatic heterocycles. The summed E-state index contributed by atoms with van der Waals surface area (Å²) < 4.78 is 4.82. The van der Waals surface area contributed by atoms with Crippen molar-refractivity contribution < 1.29 is 9.32 Å². The first-order valence-corrected chi connectivity index (χ1v) is 5.14. The quantitative estimate of drug-likeness (QED) is 0.854. The lowest BCUT2D eigenvalue weighted by Gasteiger charge is -2.03. The molecule has 2 rings (SSSR count). The van der Waals surface area contributed by atoms with E-state index in [2.05, 4.69) is 20.4 Å². The van der Waals surface area contributed by atoms with Crippen LogP contribution in [0.4, 0.5) is 0 Å². The molecule has 6 nitrogen and oxygen atoms in total. The molecule has 17 heavy (non-hydrogen) atoms. The molecule has 2 aromatic rings. The fourth-order valence-corrected chi connectivity index (χ4v) is 1.39. The maximum Gasteiger partial charge on any atom is 0.256 e. The fraction of sp³-hybridized carbons (Fsp3) is 0.273. The van der Waals surface area contributed by atoms with E-state index in [1.807, 2.05) is 13.0 Å². The van der Waals surface area contributed by atoms with Gasteiger partial charge in [-0.15, -0.1) is 0 Å². The molecule has 0 aliphatic rings. The number of nitrogens with one attached hydrogen (secondary N) is 1. The average molecular weight is 232 g/mol. The lowest BCUT2D eigenvalue weighted by atomic mass is 10.2. The third-order valence-electron chi connectivity index (χ3n) is 2.29. The monoisotopic (exact) mass is 232 g/mol. The number of hydrogen-bond acceptors (Lipinski definition) is 5. The number of amides is 1. The molecule has 0 aromatic carbocycles. The second kappa shape index (κ2) is 4.73. The van der Waals surface area contributed by atoms with Gasteiger partial charge in [0.1, 0.15) is 17.7 Å². The van der Waals surface area contributed by atoms with Crippen LogP contribution in [0.2, 0.25) is 0 Å². The fourth-order valence-electron chi connectivity index (χ4n) is 1.39. The van der Waals surface area contributed by atoms with Gasteiger partial charge in [0.25, 0.3) is 5.91 Å². The topological polar surface area (TPSA) is 80.9 Å². The van der Waals surface area contributed by atoms with E-state index < -0.39 is 0 Å². The number of carbonyl (C=O) groups excluding carboxylic acids is 1. The summed E-state index contributed by atoms with van der Waals surface area (Å²) in [4.78, 5) is 19.8. The lowest BCUT2D eigenvalue weighted by Crippen LogP contribution is -2.23. The third-order valence-corrected chi connectivity index (χ3v) is 2.29. The summed E-state index contributed by atoms with van der Waals surface area (Å²) >= 11 is 0. The summed E-state index contributed by atoms with van der Waals surface area (Å²) in [6.07, 6.45) is 2.87. The molecule has 1 amide bonds. The first-order valence-electron chi connectivity index (χ1n) is 5.14. The highest BCUT2D eigenvalue weighted by Crippen LogP contribution is 2.05. The van der Waals surface area contributed by atoms with Crippen molar-refractivity contribution in [2.45, 2.75) is 20.4 Å². The Balaban J connectivity index is 1.99. The summed E-state index contributed by atoms with van der Waals surface area (Å²) in [7, 11) is 0. The summed E-state index contributed by atoms with van der Waals surface area (Å²) in [6.45, 7) is 3.92. The van der Waals surface area contributed by atoms with Crippen LogP contribution in [0.25, 0.3) is 0 Å². The van der Waals surface area contributed by atoms with Crippen LogP contribution in [0.3, 0.4) is 0 Å². The van der Waals surface area contributed by atoms with Gasteiger partial charge >= 0.3 is 0 Å². The Bertz CT molecular complexity index is 536. The van der Waals surface area contributed by atoms with Crippen molar-refractivity contribution >= 4 is 5.91 Å². The van der Waals surface area contributed by atoms with Crippen LogP contribution in [0.1, 0.15) is 27.5 Å². The van der Waals surface area contributed by atoms with E-state index in [4.69, 9.17) is 4.52 Å². The second-order valence-corrected chi connectivity index (χ2v) is 3.63. The van der Waals surface area contributed by atoms with Gasteiger partial charge in [-0.2, -0.15) is 0 Å². The van der Waals surface area contributed by atoms with Crippen LogP contribution < -0.4 is 5.32 Å². The second-order valence-electron chi connectivity index (χ2n) is 3.63. The molecule has 0 saturated heterocycles. The molecule has 0 saturated carbocycles. The molecule has 0 bridgehead atoms. The van der Waals surface area contributed by atoms with Gasteiger partial charge in [-0.3, -0.25) is 4.79 Å². The Morgan fingerprint density at radius 1 is 1.41 bits per heavy atom. The van der Waals surface area contributed by atoms with Crippen molar-refractivity contribution in [3.63, 3.8) is 0 Å². The number of hydrogen-bond donors (Lipinski definition) is 1. The summed E-state index contributed by atoms with van der Waals surface area (Å²) in [6, 6.07) is 1.82.